The Morgan fingerprint density at radius 2 is 1.67 bits per heavy atom. The molecule has 0 bridgehead atoms. The molecule has 2 rings (SSSR count). The van der Waals surface area contributed by atoms with E-state index < -0.39 is 0 Å². The van der Waals surface area contributed by atoms with Crippen LogP contribution in [0.25, 0.3) is 0 Å². The van der Waals surface area contributed by atoms with Crippen molar-refractivity contribution in [3.8, 4) is 17.2 Å². The van der Waals surface area contributed by atoms with E-state index in [0.717, 1.165) is 16.5 Å². The van der Waals surface area contributed by atoms with Gasteiger partial charge >= 0.3 is 5.97 Å². The second-order valence-electron chi connectivity index (χ2n) is 5.27. The van der Waals surface area contributed by atoms with E-state index in [2.05, 4.69) is 22.9 Å². The number of carbonyl (C=O) groups excluding carboxylic acids is 1. The van der Waals surface area contributed by atoms with Crippen molar-refractivity contribution in [2.24, 2.45) is 0 Å². The molecule has 0 saturated carbocycles. The lowest BCUT2D eigenvalue weighted by molar-refractivity contribution is -0.134. The monoisotopic (exact) mass is 392 g/mol. The number of esters is 1. The van der Waals surface area contributed by atoms with Crippen LogP contribution in [0, 0.1) is 0 Å². The Morgan fingerprint density at radius 1 is 1.04 bits per heavy atom. The van der Waals surface area contributed by atoms with Crippen LogP contribution in [0.15, 0.2) is 40.9 Å². The SMILES string of the molecule is CCc1ccc(OC(=O)CCc2cc(OC)c(OC)cc2Br)cc1. The van der Waals surface area contributed by atoms with Gasteiger partial charge in [0.2, 0.25) is 0 Å². The average Bonchev–Trinajstić information content (AvgIpc) is 2.61. The summed E-state index contributed by atoms with van der Waals surface area (Å²) in [6, 6.07) is 11.3. The molecule has 0 spiro atoms. The quantitative estimate of drug-likeness (QED) is 0.511. The van der Waals surface area contributed by atoms with Gasteiger partial charge in [-0.05, 0) is 48.2 Å². The molecule has 0 aromatic heterocycles. The van der Waals surface area contributed by atoms with Crippen LogP contribution in [0.1, 0.15) is 24.5 Å². The van der Waals surface area contributed by atoms with Crippen molar-refractivity contribution in [2.75, 3.05) is 14.2 Å². The Morgan fingerprint density at radius 3 is 2.25 bits per heavy atom. The molecule has 0 amide bonds. The molecule has 0 unspecified atom stereocenters. The summed E-state index contributed by atoms with van der Waals surface area (Å²) < 4.78 is 16.8. The molecule has 2 aromatic carbocycles. The van der Waals surface area contributed by atoms with E-state index >= 15 is 0 Å². The van der Waals surface area contributed by atoms with E-state index in [1.54, 1.807) is 14.2 Å². The lowest BCUT2D eigenvalue weighted by atomic mass is 10.1. The zero-order chi connectivity index (χ0) is 17.5. The van der Waals surface area contributed by atoms with Gasteiger partial charge in [0.25, 0.3) is 0 Å². The molecule has 128 valence electrons. The molecule has 0 fully saturated rings. The fourth-order valence-electron chi connectivity index (χ4n) is 2.30. The molecule has 2 aromatic rings. The van der Waals surface area contributed by atoms with Gasteiger partial charge < -0.3 is 14.2 Å². The van der Waals surface area contributed by atoms with Crippen molar-refractivity contribution in [3.05, 3.63) is 52.0 Å². The third-order valence-corrected chi connectivity index (χ3v) is 4.45. The predicted molar refractivity (Wildman–Crippen MR) is 97.0 cm³/mol. The molecular weight excluding hydrogens is 372 g/mol. The lowest BCUT2D eigenvalue weighted by Gasteiger charge is -2.12. The van der Waals surface area contributed by atoms with Gasteiger partial charge in [0.05, 0.1) is 20.6 Å². The third-order valence-electron chi connectivity index (χ3n) is 3.71. The molecule has 0 heterocycles. The first-order chi connectivity index (χ1) is 11.6. The van der Waals surface area contributed by atoms with E-state index in [4.69, 9.17) is 14.2 Å². The molecule has 0 atom stereocenters. The fourth-order valence-corrected chi connectivity index (χ4v) is 2.82. The van der Waals surface area contributed by atoms with Crippen LogP contribution in [0.5, 0.6) is 17.2 Å². The topological polar surface area (TPSA) is 44.8 Å². The largest absolute Gasteiger partial charge is 0.493 e. The van der Waals surface area contributed by atoms with Gasteiger partial charge in [0.15, 0.2) is 11.5 Å². The number of hydrogen-bond acceptors (Lipinski definition) is 4. The minimum absolute atomic E-state index is 0.263. The smallest absolute Gasteiger partial charge is 0.311 e. The van der Waals surface area contributed by atoms with E-state index in [1.807, 2.05) is 36.4 Å². The van der Waals surface area contributed by atoms with Crippen LogP contribution in [0.2, 0.25) is 0 Å². The number of benzene rings is 2. The van der Waals surface area contributed by atoms with E-state index in [0.29, 0.717) is 23.7 Å². The number of aryl methyl sites for hydroxylation is 2. The molecule has 5 heteroatoms. The lowest BCUT2D eigenvalue weighted by Crippen LogP contribution is -2.09. The Bertz CT molecular complexity index is 695. The van der Waals surface area contributed by atoms with E-state index in [1.165, 1.54) is 5.56 Å². The second kappa shape index (κ2) is 8.73. The van der Waals surface area contributed by atoms with Crippen LogP contribution < -0.4 is 14.2 Å². The van der Waals surface area contributed by atoms with Crippen LogP contribution in [0.4, 0.5) is 0 Å². The summed E-state index contributed by atoms with van der Waals surface area (Å²) in [4.78, 5) is 12.0. The molecule has 0 aliphatic carbocycles. The normalized spacial score (nSPS) is 10.3. The van der Waals surface area contributed by atoms with Gasteiger partial charge in [0.1, 0.15) is 5.75 Å². The van der Waals surface area contributed by atoms with Gasteiger partial charge in [-0.15, -0.1) is 0 Å². The minimum atomic E-state index is -0.263. The van der Waals surface area contributed by atoms with Gasteiger partial charge in [0, 0.05) is 4.47 Å². The predicted octanol–water partition coefficient (Wildman–Crippen LogP) is 4.57. The van der Waals surface area contributed by atoms with Crippen LogP contribution in [0.3, 0.4) is 0 Å². The number of rotatable bonds is 7. The van der Waals surface area contributed by atoms with Crippen LogP contribution >= 0.6 is 15.9 Å². The summed E-state index contributed by atoms with van der Waals surface area (Å²) in [6.07, 6.45) is 1.79. The van der Waals surface area contributed by atoms with Crippen LogP contribution in [-0.2, 0) is 17.6 Å². The molecular formula is C19H21BrO4. The van der Waals surface area contributed by atoms with Crippen molar-refractivity contribution >= 4 is 21.9 Å². The van der Waals surface area contributed by atoms with Gasteiger partial charge in [-0.25, -0.2) is 0 Å². The maximum absolute atomic E-state index is 12.0. The summed E-state index contributed by atoms with van der Waals surface area (Å²) in [5.74, 6) is 1.59. The third kappa shape index (κ3) is 4.74. The van der Waals surface area contributed by atoms with Crippen molar-refractivity contribution in [3.63, 3.8) is 0 Å². The first-order valence-corrected chi connectivity index (χ1v) is 8.56. The standard InChI is InChI=1S/C19H21BrO4/c1-4-13-5-8-15(9-6-13)24-19(21)10-7-14-11-17(22-2)18(23-3)12-16(14)20/h5-6,8-9,11-12H,4,7,10H2,1-3H3. The molecule has 0 radical (unpaired) electrons. The maximum Gasteiger partial charge on any atom is 0.311 e. The highest BCUT2D eigenvalue weighted by Crippen LogP contribution is 2.33. The molecule has 0 N–H and O–H groups in total. The summed E-state index contributed by atoms with van der Waals surface area (Å²) in [7, 11) is 3.18. The molecule has 0 saturated heterocycles. The zero-order valence-electron chi connectivity index (χ0n) is 14.1. The first-order valence-electron chi connectivity index (χ1n) is 7.77. The Balaban J connectivity index is 1.98. The number of methoxy groups -OCH3 is 2. The van der Waals surface area contributed by atoms with Crippen LogP contribution in [-0.4, -0.2) is 20.2 Å². The molecule has 0 aliphatic heterocycles. The highest BCUT2D eigenvalue weighted by Gasteiger charge is 2.12. The summed E-state index contributed by atoms with van der Waals surface area (Å²) in [6.45, 7) is 2.09. The average molecular weight is 393 g/mol. The van der Waals surface area contributed by atoms with Crippen molar-refractivity contribution in [1.29, 1.82) is 0 Å². The number of ether oxygens (including phenoxy) is 3. The van der Waals surface area contributed by atoms with E-state index in [9.17, 15) is 4.79 Å². The van der Waals surface area contributed by atoms with Crippen molar-refractivity contribution < 1.29 is 19.0 Å². The molecule has 0 aliphatic rings. The Labute approximate surface area is 150 Å². The van der Waals surface area contributed by atoms with E-state index in [-0.39, 0.29) is 12.4 Å². The number of hydrogen-bond donors (Lipinski definition) is 0. The Kier molecular flexibility index (Phi) is 6.67. The highest BCUT2D eigenvalue weighted by molar-refractivity contribution is 9.10. The summed E-state index contributed by atoms with van der Waals surface area (Å²) in [5, 5.41) is 0. The fraction of sp³-hybridized carbons (Fsp3) is 0.316. The number of carbonyl (C=O) groups is 1. The Hall–Kier alpha value is -2.01. The van der Waals surface area contributed by atoms with Gasteiger partial charge in [-0.3, -0.25) is 4.79 Å². The summed E-state index contributed by atoms with van der Waals surface area (Å²) >= 11 is 3.50. The second-order valence-corrected chi connectivity index (χ2v) is 6.12. The number of halogens is 1. The first kappa shape index (κ1) is 18.3. The van der Waals surface area contributed by atoms with Gasteiger partial charge in [-0.2, -0.15) is 0 Å². The minimum Gasteiger partial charge on any atom is -0.493 e. The highest BCUT2D eigenvalue weighted by atomic mass is 79.9. The molecule has 24 heavy (non-hydrogen) atoms. The van der Waals surface area contributed by atoms with Crippen molar-refractivity contribution in [2.45, 2.75) is 26.2 Å². The summed E-state index contributed by atoms with van der Waals surface area (Å²) in [5.41, 5.74) is 2.18. The zero-order valence-corrected chi connectivity index (χ0v) is 15.7. The van der Waals surface area contributed by atoms with Crippen molar-refractivity contribution in [1.82, 2.24) is 0 Å². The molecule has 4 nitrogen and oxygen atoms in total. The maximum atomic E-state index is 12.0. The van der Waals surface area contributed by atoms with Gasteiger partial charge in [-0.1, -0.05) is 35.0 Å².